The highest BCUT2D eigenvalue weighted by Crippen LogP contribution is 2.30. The van der Waals surface area contributed by atoms with Crippen LogP contribution in [0.1, 0.15) is 46.6 Å². The van der Waals surface area contributed by atoms with Gasteiger partial charge in [0.05, 0.1) is 18.5 Å². The summed E-state index contributed by atoms with van der Waals surface area (Å²) in [6, 6.07) is 14.1. The van der Waals surface area contributed by atoms with Gasteiger partial charge in [-0.15, -0.1) is 0 Å². The number of amides is 1. The molecule has 2 aromatic carbocycles. The average molecular weight is 389 g/mol. The van der Waals surface area contributed by atoms with E-state index in [2.05, 4.69) is 41.1 Å². The van der Waals surface area contributed by atoms with Crippen LogP contribution in [0.4, 0.5) is 5.69 Å². The molecule has 29 heavy (non-hydrogen) atoms. The maximum absolute atomic E-state index is 13.2. The van der Waals surface area contributed by atoms with E-state index < -0.39 is 0 Å². The Bertz CT molecular complexity index is 1040. The van der Waals surface area contributed by atoms with Crippen molar-refractivity contribution in [2.24, 2.45) is 0 Å². The van der Waals surface area contributed by atoms with Gasteiger partial charge in [0.2, 0.25) is 0 Å². The second kappa shape index (κ2) is 8.11. The van der Waals surface area contributed by atoms with Crippen molar-refractivity contribution in [1.82, 2.24) is 9.55 Å². The Morgan fingerprint density at radius 1 is 1.03 bits per heavy atom. The van der Waals surface area contributed by atoms with E-state index in [-0.39, 0.29) is 5.91 Å². The van der Waals surface area contributed by atoms with Gasteiger partial charge < -0.3 is 14.6 Å². The topological polar surface area (TPSA) is 56.1 Å². The Labute approximate surface area is 171 Å². The van der Waals surface area contributed by atoms with Crippen molar-refractivity contribution in [2.45, 2.75) is 46.1 Å². The van der Waals surface area contributed by atoms with Gasteiger partial charge in [-0.2, -0.15) is 0 Å². The van der Waals surface area contributed by atoms with Gasteiger partial charge >= 0.3 is 0 Å². The molecule has 1 amide bonds. The molecule has 1 aliphatic rings. The summed E-state index contributed by atoms with van der Waals surface area (Å²) in [4.78, 5) is 18.1. The number of ether oxygens (including phenoxy) is 1. The van der Waals surface area contributed by atoms with Crippen LogP contribution in [0, 0.1) is 13.8 Å². The quantitative estimate of drug-likeness (QED) is 0.671. The third-order valence-electron chi connectivity index (χ3n) is 5.50. The van der Waals surface area contributed by atoms with E-state index in [0.717, 1.165) is 48.5 Å². The predicted molar refractivity (Wildman–Crippen MR) is 116 cm³/mol. The second-order valence-electron chi connectivity index (χ2n) is 7.72. The summed E-state index contributed by atoms with van der Waals surface area (Å²) in [6.07, 6.45) is 4.22. The molecule has 0 atom stereocenters. The molecule has 0 saturated heterocycles. The molecule has 1 aliphatic heterocycles. The first-order valence-electron chi connectivity index (χ1n) is 10.2. The van der Waals surface area contributed by atoms with E-state index in [1.807, 2.05) is 25.1 Å². The van der Waals surface area contributed by atoms with Gasteiger partial charge in [0.1, 0.15) is 17.3 Å². The van der Waals surface area contributed by atoms with Crippen molar-refractivity contribution < 1.29 is 9.53 Å². The van der Waals surface area contributed by atoms with Crippen LogP contribution < -0.4 is 10.1 Å². The number of methoxy groups -OCH3 is 1. The number of imidazole rings is 1. The van der Waals surface area contributed by atoms with Crippen molar-refractivity contribution in [3.63, 3.8) is 0 Å². The average Bonchev–Trinajstić information content (AvgIpc) is 2.90. The predicted octanol–water partition coefficient (Wildman–Crippen LogP) is 5.15. The monoisotopic (exact) mass is 389 g/mol. The molecule has 0 fully saturated rings. The lowest BCUT2D eigenvalue weighted by Crippen LogP contribution is -2.16. The minimum Gasteiger partial charge on any atom is -0.495 e. The number of anilines is 1. The van der Waals surface area contributed by atoms with Crippen LogP contribution in [0.5, 0.6) is 5.75 Å². The molecule has 2 heterocycles. The zero-order chi connectivity index (χ0) is 20.4. The molecule has 0 aliphatic carbocycles. The highest BCUT2D eigenvalue weighted by molar-refractivity contribution is 6.05. The third-order valence-corrected chi connectivity index (χ3v) is 5.50. The van der Waals surface area contributed by atoms with E-state index >= 15 is 0 Å². The number of benzene rings is 2. The van der Waals surface area contributed by atoms with Crippen LogP contribution in [-0.4, -0.2) is 22.6 Å². The molecule has 0 unspecified atom stereocenters. The summed E-state index contributed by atoms with van der Waals surface area (Å²) in [5.74, 6) is 1.34. The summed E-state index contributed by atoms with van der Waals surface area (Å²) in [5.41, 5.74) is 5.54. The number of fused-ring (bicyclic) bond motifs is 1. The molecule has 5 nitrogen and oxygen atoms in total. The van der Waals surface area contributed by atoms with Gasteiger partial charge in [0, 0.05) is 12.1 Å². The molecule has 0 bridgehead atoms. The number of carbonyl (C=O) groups is 1. The number of hydrogen-bond acceptors (Lipinski definition) is 3. The largest absolute Gasteiger partial charge is 0.495 e. The molecule has 4 rings (SSSR count). The lowest BCUT2D eigenvalue weighted by molar-refractivity contribution is 0.102. The summed E-state index contributed by atoms with van der Waals surface area (Å²) in [7, 11) is 1.61. The molecule has 3 aromatic rings. The first-order chi connectivity index (χ1) is 14.1. The zero-order valence-corrected chi connectivity index (χ0v) is 17.3. The molecule has 1 aromatic heterocycles. The fraction of sp³-hybridized carbons (Fsp3) is 0.333. The van der Waals surface area contributed by atoms with E-state index in [1.54, 1.807) is 7.11 Å². The molecule has 0 saturated carbocycles. The number of nitrogens with one attached hydrogen (secondary N) is 1. The minimum absolute atomic E-state index is 0.182. The highest BCUT2D eigenvalue weighted by atomic mass is 16.5. The normalized spacial score (nSPS) is 13.5. The molecule has 1 N–H and O–H groups in total. The fourth-order valence-corrected chi connectivity index (χ4v) is 3.93. The van der Waals surface area contributed by atoms with E-state index in [0.29, 0.717) is 17.1 Å². The smallest absolute Gasteiger partial charge is 0.276 e. The van der Waals surface area contributed by atoms with Gasteiger partial charge in [-0.05, 0) is 50.8 Å². The first-order valence-corrected chi connectivity index (χ1v) is 10.2. The summed E-state index contributed by atoms with van der Waals surface area (Å²) in [6.45, 7) is 4.96. The lowest BCUT2D eigenvalue weighted by Gasteiger charge is -2.11. The molecular weight excluding hydrogens is 362 g/mol. The van der Waals surface area contributed by atoms with Crippen LogP contribution >= 0.6 is 0 Å². The molecule has 0 radical (unpaired) electrons. The van der Waals surface area contributed by atoms with Crippen LogP contribution in [-0.2, 0) is 13.0 Å². The Morgan fingerprint density at radius 2 is 1.79 bits per heavy atom. The minimum atomic E-state index is -0.182. The molecule has 150 valence electrons. The van der Waals surface area contributed by atoms with Crippen LogP contribution in [0.15, 0.2) is 42.5 Å². The van der Waals surface area contributed by atoms with Crippen molar-refractivity contribution >= 4 is 11.6 Å². The van der Waals surface area contributed by atoms with Crippen LogP contribution in [0.2, 0.25) is 0 Å². The first kappa shape index (κ1) is 19.2. The zero-order valence-electron chi connectivity index (χ0n) is 17.3. The fourth-order valence-electron chi connectivity index (χ4n) is 3.93. The summed E-state index contributed by atoms with van der Waals surface area (Å²) >= 11 is 0. The Hall–Kier alpha value is -3.08. The Morgan fingerprint density at radius 3 is 2.55 bits per heavy atom. The van der Waals surface area contributed by atoms with Gasteiger partial charge in [-0.1, -0.05) is 42.3 Å². The number of aromatic nitrogens is 2. The number of carbonyl (C=O) groups excluding carboxylic acids is 1. The standard InChI is InChI=1S/C24H27N3O2/c1-16-8-11-18(12-9-16)23-26-22(20-7-5-4-6-14-27(20)23)24(28)25-19-15-17(2)10-13-21(19)29-3/h8-13,15H,4-7,14H2,1-3H3,(H,25,28). The lowest BCUT2D eigenvalue weighted by atomic mass is 10.1. The Balaban J connectivity index is 1.74. The third kappa shape index (κ3) is 3.90. The number of rotatable bonds is 4. The molecule has 5 heteroatoms. The van der Waals surface area contributed by atoms with Gasteiger partial charge in [-0.25, -0.2) is 4.98 Å². The molecular formula is C24H27N3O2. The van der Waals surface area contributed by atoms with E-state index in [4.69, 9.17) is 9.72 Å². The van der Waals surface area contributed by atoms with Crippen molar-refractivity contribution in [3.8, 4) is 17.1 Å². The SMILES string of the molecule is COc1ccc(C)cc1NC(=O)c1nc(-c2ccc(C)cc2)n2c1CCCCC2. The van der Waals surface area contributed by atoms with Gasteiger partial charge in [0.25, 0.3) is 5.91 Å². The van der Waals surface area contributed by atoms with Crippen LogP contribution in [0.25, 0.3) is 11.4 Å². The number of aryl methyl sites for hydroxylation is 2. The van der Waals surface area contributed by atoms with Gasteiger partial charge in [-0.3, -0.25) is 4.79 Å². The maximum atomic E-state index is 13.2. The van der Waals surface area contributed by atoms with E-state index in [1.165, 1.54) is 12.0 Å². The summed E-state index contributed by atoms with van der Waals surface area (Å²) < 4.78 is 7.65. The summed E-state index contributed by atoms with van der Waals surface area (Å²) in [5, 5.41) is 3.02. The van der Waals surface area contributed by atoms with Crippen molar-refractivity contribution in [1.29, 1.82) is 0 Å². The maximum Gasteiger partial charge on any atom is 0.276 e. The number of nitrogens with zero attached hydrogens (tertiary/aromatic N) is 2. The van der Waals surface area contributed by atoms with Crippen molar-refractivity contribution in [2.75, 3.05) is 12.4 Å². The van der Waals surface area contributed by atoms with Gasteiger partial charge in [0.15, 0.2) is 0 Å². The molecule has 0 spiro atoms. The number of hydrogen-bond donors (Lipinski definition) is 1. The van der Waals surface area contributed by atoms with E-state index in [9.17, 15) is 4.79 Å². The second-order valence-corrected chi connectivity index (χ2v) is 7.72. The van der Waals surface area contributed by atoms with Crippen molar-refractivity contribution in [3.05, 3.63) is 65.0 Å². The Kier molecular flexibility index (Phi) is 5.38. The van der Waals surface area contributed by atoms with Crippen LogP contribution in [0.3, 0.4) is 0 Å². The highest BCUT2D eigenvalue weighted by Gasteiger charge is 2.25.